The molecule has 0 fully saturated rings. The lowest BCUT2D eigenvalue weighted by Gasteiger charge is -2.25. The van der Waals surface area contributed by atoms with E-state index in [2.05, 4.69) is 59.7 Å². The summed E-state index contributed by atoms with van der Waals surface area (Å²) >= 11 is 1.65. The maximum Gasteiger partial charge on any atom is 0.225 e. The van der Waals surface area contributed by atoms with Crippen LogP contribution in [0.25, 0.3) is 10.2 Å². The second kappa shape index (κ2) is 6.39. The van der Waals surface area contributed by atoms with E-state index in [0.717, 1.165) is 22.6 Å². The van der Waals surface area contributed by atoms with Gasteiger partial charge in [0.05, 0.1) is 5.39 Å². The zero-order chi connectivity index (χ0) is 14.7. The van der Waals surface area contributed by atoms with E-state index in [4.69, 9.17) is 0 Å². The molecule has 0 aliphatic heterocycles. The molecule has 5 heteroatoms. The van der Waals surface area contributed by atoms with Gasteiger partial charge in [0.2, 0.25) is 5.95 Å². The van der Waals surface area contributed by atoms with E-state index >= 15 is 0 Å². The van der Waals surface area contributed by atoms with E-state index in [0.29, 0.717) is 23.7 Å². The van der Waals surface area contributed by atoms with E-state index in [1.807, 2.05) is 7.05 Å². The van der Waals surface area contributed by atoms with E-state index in [1.165, 1.54) is 0 Å². The Kier molecular flexibility index (Phi) is 4.81. The molecule has 2 N–H and O–H groups in total. The number of thiophene rings is 1. The number of fused-ring (bicyclic) bond motifs is 1. The summed E-state index contributed by atoms with van der Waals surface area (Å²) in [7, 11) is 1.85. The molecular weight excluding hydrogens is 268 g/mol. The highest BCUT2D eigenvalue weighted by Crippen LogP contribution is 2.28. The molecule has 0 spiro atoms. The van der Waals surface area contributed by atoms with Crippen molar-refractivity contribution in [2.24, 2.45) is 17.8 Å². The quantitative estimate of drug-likeness (QED) is 0.842. The third kappa shape index (κ3) is 3.20. The van der Waals surface area contributed by atoms with Gasteiger partial charge < -0.3 is 10.6 Å². The van der Waals surface area contributed by atoms with Crippen LogP contribution in [0.5, 0.6) is 0 Å². The Hall–Kier alpha value is -1.36. The van der Waals surface area contributed by atoms with Gasteiger partial charge in [0, 0.05) is 13.6 Å². The third-order valence-electron chi connectivity index (χ3n) is 3.77. The van der Waals surface area contributed by atoms with Gasteiger partial charge in [-0.3, -0.25) is 0 Å². The molecule has 20 heavy (non-hydrogen) atoms. The molecule has 0 aliphatic carbocycles. The maximum absolute atomic E-state index is 4.56. The number of nitrogens with one attached hydrogen (secondary N) is 2. The molecule has 2 heterocycles. The van der Waals surface area contributed by atoms with Gasteiger partial charge in [-0.05, 0) is 29.2 Å². The van der Waals surface area contributed by atoms with Gasteiger partial charge in [-0.25, -0.2) is 4.98 Å². The molecule has 0 bridgehead atoms. The van der Waals surface area contributed by atoms with Crippen molar-refractivity contribution < 1.29 is 0 Å². The van der Waals surface area contributed by atoms with Crippen molar-refractivity contribution in [3.05, 3.63) is 11.4 Å². The molecule has 0 atom stereocenters. The lowest BCUT2D eigenvalue weighted by molar-refractivity contribution is 0.304. The fourth-order valence-corrected chi connectivity index (χ4v) is 3.32. The molecule has 2 rings (SSSR count). The summed E-state index contributed by atoms with van der Waals surface area (Å²) in [6, 6.07) is 2.08. The summed E-state index contributed by atoms with van der Waals surface area (Å²) < 4.78 is 0. The van der Waals surface area contributed by atoms with Crippen molar-refractivity contribution in [3.8, 4) is 0 Å². The van der Waals surface area contributed by atoms with Crippen LogP contribution < -0.4 is 10.6 Å². The predicted molar refractivity (Wildman–Crippen MR) is 88.6 cm³/mol. The van der Waals surface area contributed by atoms with Crippen molar-refractivity contribution in [2.45, 2.75) is 27.7 Å². The fourth-order valence-electron chi connectivity index (χ4n) is 2.56. The number of aromatic nitrogens is 2. The van der Waals surface area contributed by atoms with Crippen LogP contribution in [0.2, 0.25) is 0 Å². The highest BCUT2D eigenvalue weighted by Gasteiger charge is 2.18. The Balaban J connectivity index is 2.22. The molecule has 2 aromatic heterocycles. The summed E-state index contributed by atoms with van der Waals surface area (Å²) in [5.41, 5.74) is 0. The minimum absolute atomic E-state index is 0.636. The number of rotatable bonds is 6. The van der Waals surface area contributed by atoms with Crippen LogP contribution in [0.15, 0.2) is 11.4 Å². The number of nitrogens with zero attached hydrogens (tertiary/aromatic N) is 2. The van der Waals surface area contributed by atoms with E-state index < -0.39 is 0 Å². The number of anilines is 2. The van der Waals surface area contributed by atoms with E-state index in [1.54, 1.807) is 11.3 Å². The topological polar surface area (TPSA) is 49.8 Å². The van der Waals surface area contributed by atoms with Crippen LogP contribution in [0.3, 0.4) is 0 Å². The van der Waals surface area contributed by atoms with Crippen molar-refractivity contribution in [2.75, 3.05) is 24.2 Å². The lowest BCUT2D eigenvalue weighted by Crippen LogP contribution is -2.25. The Bertz CT molecular complexity index is 554. The van der Waals surface area contributed by atoms with Crippen molar-refractivity contribution >= 4 is 33.3 Å². The van der Waals surface area contributed by atoms with Gasteiger partial charge in [-0.1, -0.05) is 27.7 Å². The van der Waals surface area contributed by atoms with E-state index in [9.17, 15) is 0 Å². The molecule has 110 valence electrons. The third-order valence-corrected chi connectivity index (χ3v) is 4.57. The average Bonchev–Trinajstić information content (AvgIpc) is 2.85. The second-order valence-electron chi connectivity index (χ2n) is 5.82. The zero-order valence-corrected chi connectivity index (χ0v) is 13.7. The highest BCUT2D eigenvalue weighted by atomic mass is 32.1. The van der Waals surface area contributed by atoms with Gasteiger partial charge in [0.15, 0.2) is 0 Å². The molecule has 0 amide bonds. The lowest BCUT2D eigenvalue weighted by atomic mass is 9.85. The van der Waals surface area contributed by atoms with Crippen LogP contribution in [0, 0.1) is 17.8 Å². The van der Waals surface area contributed by atoms with E-state index in [-0.39, 0.29) is 0 Å². The van der Waals surface area contributed by atoms with Gasteiger partial charge in [-0.2, -0.15) is 4.98 Å². The first-order chi connectivity index (χ1) is 9.52. The van der Waals surface area contributed by atoms with Gasteiger partial charge in [-0.15, -0.1) is 11.3 Å². The molecule has 0 unspecified atom stereocenters. The Morgan fingerprint density at radius 1 is 1.15 bits per heavy atom. The number of hydrogen-bond acceptors (Lipinski definition) is 5. The minimum atomic E-state index is 0.636. The summed E-state index contributed by atoms with van der Waals surface area (Å²) in [6.45, 7) is 10.1. The van der Waals surface area contributed by atoms with Crippen LogP contribution in [-0.2, 0) is 0 Å². The normalized spacial score (nSPS) is 11.8. The Morgan fingerprint density at radius 2 is 1.85 bits per heavy atom. The summed E-state index contributed by atoms with van der Waals surface area (Å²) in [5.74, 6) is 3.56. The van der Waals surface area contributed by atoms with Crippen molar-refractivity contribution in [1.82, 2.24) is 9.97 Å². The molecule has 0 aliphatic rings. The molecule has 0 radical (unpaired) electrons. The SMILES string of the molecule is CNc1nc(NCC(C(C)C)C(C)C)c2ccsc2n1. The van der Waals surface area contributed by atoms with Crippen LogP contribution >= 0.6 is 11.3 Å². The second-order valence-corrected chi connectivity index (χ2v) is 6.71. The fraction of sp³-hybridized carbons (Fsp3) is 0.600. The van der Waals surface area contributed by atoms with Crippen molar-refractivity contribution in [1.29, 1.82) is 0 Å². The zero-order valence-electron chi connectivity index (χ0n) is 12.9. The van der Waals surface area contributed by atoms with Crippen molar-refractivity contribution in [3.63, 3.8) is 0 Å². The molecular formula is C15H24N4S. The van der Waals surface area contributed by atoms with Gasteiger partial charge in [0.25, 0.3) is 0 Å². The van der Waals surface area contributed by atoms with Crippen LogP contribution in [0.1, 0.15) is 27.7 Å². The molecule has 4 nitrogen and oxygen atoms in total. The van der Waals surface area contributed by atoms with Crippen LogP contribution in [0.4, 0.5) is 11.8 Å². The largest absolute Gasteiger partial charge is 0.369 e. The molecule has 0 aromatic carbocycles. The summed E-state index contributed by atoms with van der Waals surface area (Å²) in [6.07, 6.45) is 0. The van der Waals surface area contributed by atoms with Gasteiger partial charge >= 0.3 is 0 Å². The van der Waals surface area contributed by atoms with Gasteiger partial charge in [0.1, 0.15) is 10.6 Å². The Morgan fingerprint density at radius 3 is 2.45 bits per heavy atom. The number of hydrogen-bond donors (Lipinski definition) is 2. The minimum Gasteiger partial charge on any atom is -0.369 e. The molecule has 0 saturated carbocycles. The first-order valence-corrected chi connectivity index (χ1v) is 8.07. The average molecular weight is 292 g/mol. The van der Waals surface area contributed by atoms with Crippen LogP contribution in [-0.4, -0.2) is 23.6 Å². The first kappa shape index (κ1) is 15.0. The molecule has 2 aromatic rings. The predicted octanol–water partition coefficient (Wildman–Crippen LogP) is 4.07. The summed E-state index contributed by atoms with van der Waals surface area (Å²) in [5, 5.41) is 9.73. The smallest absolute Gasteiger partial charge is 0.225 e. The Labute approximate surface area is 125 Å². The maximum atomic E-state index is 4.56. The monoisotopic (exact) mass is 292 g/mol. The first-order valence-electron chi connectivity index (χ1n) is 7.19. The highest BCUT2D eigenvalue weighted by molar-refractivity contribution is 7.16. The molecule has 0 saturated heterocycles. The summed E-state index contributed by atoms with van der Waals surface area (Å²) in [4.78, 5) is 10.0. The standard InChI is InChI=1S/C15H24N4S/c1-9(2)12(10(3)4)8-17-13-11-6-7-20-14(11)19-15(16-5)18-13/h6-7,9-10,12H,8H2,1-5H3,(H2,16,17,18,19).